The number of aromatic nitrogens is 1. The topological polar surface area (TPSA) is 80.8 Å². The van der Waals surface area contributed by atoms with E-state index in [0.29, 0.717) is 45.1 Å². The largest absolute Gasteiger partial charge is 0.475 e. The Bertz CT molecular complexity index is 811. The number of rotatable bonds is 9. The van der Waals surface area contributed by atoms with E-state index in [0.717, 1.165) is 24.0 Å². The highest BCUT2D eigenvalue weighted by molar-refractivity contribution is 5.82. The van der Waals surface area contributed by atoms with Crippen LogP contribution in [-0.4, -0.2) is 55.1 Å². The summed E-state index contributed by atoms with van der Waals surface area (Å²) in [6.45, 7) is 2.54. The lowest BCUT2D eigenvalue weighted by molar-refractivity contribution is -0.135. The molecule has 2 heterocycles. The highest BCUT2D eigenvalue weighted by Gasteiger charge is 2.28. The molecule has 0 bridgehead atoms. The fourth-order valence-corrected chi connectivity index (χ4v) is 3.46. The minimum absolute atomic E-state index is 0.0207. The number of pyridine rings is 1. The normalized spacial score (nSPS) is 16.2. The smallest absolute Gasteiger partial charge is 0.227 e. The lowest BCUT2D eigenvalue weighted by Gasteiger charge is -2.32. The Morgan fingerprint density at radius 3 is 2.70 bits per heavy atom. The number of nitrogens with one attached hydrogen (secondary N) is 1. The molecule has 0 spiro atoms. The first-order chi connectivity index (χ1) is 14.7. The Kier molecular flexibility index (Phi) is 8.20. The molecule has 1 aliphatic rings. The number of hydrogen-bond donors (Lipinski definition) is 1. The zero-order chi connectivity index (χ0) is 21.2. The monoisotopic (exact) mass is 411 g/mol. The molecule has 1 unspecified atom stereocenters. The molecular weight excluding hydrogens is 382 g/mol. The van der Waals surface area contributed by atoms with Crippen LogP contribution in [0.2, 0.25) is 0 Å². The third kappa shape index (κ3) is 6.56. The van der Waals surface area contributed by atoms with E-state index in [1.807, 2.05) is 41.3 Å². The van der Waals surface area contributed by atoms with Crippen molar-refractivity contribution in [3.8, 4) is 5.88 Å². The molecule has 3 rings (SSSR count). The third-order valence-corrected chi connectivity index (χ3v) is 5.14. The van der Waals surface area contributed by atoms with Crippen LogP contribution in [0.3, 0.4) is 0 Å². The van der Waals surface area contributed by atoms with Crippen molar-refractivity contribution in [1.82, 2.24) is 15.2 Å². The molecular formula is C23H29N3O4. The number of amides is 2. The van der Waals surface area contributed by atoms with Crippen molar-refractivity contribution < 1.29 is 19.1 Å². The van der Waals surface area contributed by atoms with Gasteiger partial charge in [0.05, 0.1) is 18.9 Å². The van der Waals surface area contributed by atoms with E-state index in [2.05, 4.69) is 10.3 Å². The molecule has 1 fully saturated rings. The zero-order valence-electron chi connectivity index (χ0n) is 17.4. The first kappa shape index (κ1) is 21.8. The Balaban J connectivity index is 1.45. The Morgan fingerprint density at radius 2 is 1.97 bits per heavy atom. The molecule has 1 saturated heterocycles. The standard InChI is InChI=1S/C23H29N3O4/c1-29-12-13-30-21-10-9-19(15-24-21)16-25-23(28)20-8-5-11-26(17-20)22(27)14-18-6-3-2-4-7-18/h2-4,6-7,9-10,15,20H,5,8,11-14,16-17H2,1H3,(H,25,28). The maximum absolute atomic E-state index is 12.6. The van der Waals surface area contributed by atoms with Gasteiger partial charge in [-0.25, -0.2) is 4.98 Å². The van der Waals surface area contributed by atoms with Crippen LogP contribution in [0, 0.1) is 5.92 Å². The van der Waals surface area contributed by atoms with E-state index < -0.39 is 0 Å². The molecule has 1 aromatic heterocycles. The van der Waals surface area contributed by atoms with E-state index in [4.69, 9.17) is 9.47 Å². The molecule has 7 nitrogen and oxygen atoms in total. The highest BCUT2D eigenvalue weighted by atomic mass is 16.5. The minimum atomic E-state index is -0.178. The predicted octanol–water partition coefficient (Wildman–Crippen LogP) is 2.20. The van der Waals surface area contributed by atoms with Crippen molar-refractivity contribution in [2.45, 2.75) is 25.8 Å². The van der Waals surface area contributed by atoms with Crippen molar-refractivity contribution in [2.24, 2.45) is 5.92 Å². The van der Waals surface area contributed by atoms with Gasteiger partial charge in [0.15, 0.2) is 0 Å². The molecule has 1 atom stereocenters. The maximum atomic E-state index is 12.6. The van der Waals surface area contributed by atoms with Crippen LogP contribution in [-0.2, 0) is 27.3 Å². The molecule has 30 heavy (non-hydrogen) atoms. The molecule has 0 radical (unpaired) electrons. The van der Waals surface area contributed by atoms with E-state index in [9.17, 15) is 9.59 Å². The average Bonchev–Trinajstić information content (AvgIpc) is 2.79. The van der Waals surface area contributed by atoms with Gasteiger partial charge in [0, 0.05) is 39.0 Å². The summed E-state index contributed by atoms with van der Waals surface area (Å²) in [7, 11) is 1.62. The summed E-state index contributed by atoms with van der Waals surface area (Å²) in [5.41, 5.74) is 1.89. The second kappa shape index (κ2) is 11.3. The number of benzene rings is 1. The van der Waals surface area contributed by atoms with Gasteiger partial charge in [0.1, 0.15) is 6.61 Å². The van der Waals surface area contributed by atoms with Crippen LogP contribution in [0.1, 0.15) is 24.0 Å². The van der Waals surface area contributed by atoms with E-state index in [1.165, 1.54) is 0 Å². The fourth-order valence-electron chi connectivity index (χ4n) is 3.46. The number of ether oxygens (including phenoxy) is 2. The van der Waals surface area contributed by atoms with Gasteiger partial charge in [-0.2, -0.15) is 0 Å². The van der Waals surface area contributed by atoms with Crippen molar-refractivity contribution in [3.63, 3.8) is 0 Å². The third-order valence-electron chi connectivity index (χ3n) is 5.14. The Labute approximate surface area is 177 Å². The van der Waals surface area contributed by atoms with Crippen LogP contribution in [0.4, 0.5) is 0 Å². The summed E-state index contributed by atoms with van der Waals surface area (Å²) >= 11 is 0. The molecule has 1 aromatic carbocycles. The SMILES string of the molecule is COCCOc1ccc(CNC(=O)C2CCCN(C(=O)Cc3ccccc3)C2)cn1. The molecule has 2 aromatic rings. The quantitative estimate of drug-likeness (QED) is 0.640. The van der Waals surface area contributed by atoms with Gasteiger partial charge in [-0.1, -0.05) is 36.4 Å². The van der Waals surface area contributed by atoms with Crippen molar-refractivity contribution in [3.05, 3.63) is 59.8 Å². The molecule has 1 aliphatic heterocycles. The molecule has 2 amide bonds. The van der Waals surface area contributed by atoms with Crippen LogP contribution in [0.5, 0.6) is 5.88 Å². The summed E-state index contributed by atoms with van der Waals surface area (Å²) in [4.78, 5) is 31.3. The summed E-state index contributed by atoms with van der Waals surface area (Å²) in [6, 6.07) is 13.4. The van der Waals surface area contributed by atoms with Crippen LogP contribution >= 0.6 is 0 Å². The molecule has 160 valence electrons. The Hall–Kier alpha value is -2.93. The number of carbonyl (C=O) groups excluding carboxylic acids is 2. The first-order valence-corrected chi connectivity index (χ1v) is 10.3. The van der Waals surface area contributed by atoms with E-state index in [-0.39, 0.29) is 17.7 Å². The lowest BCUT2D eigenvalue weighted by atomic mass is 9.96. The van der Waals surface area contributed by atoms with E-state index >= 15 is 0 Å². The Morgan fingerprint density at radius 1 is 1.13 bits per heavy atom. The number of likely N-dealkylation sites (tertiary alicyclic amines) is 1. The van der Waals surface area contributed by atoms with Gasteiger partial charge >= 0.3 is 0 Å². The maximum Gasteiger partial charge on any atom is 0.227 e. The minimum Gasteiger partial charge on any atom is -0.475 e. The second-order valence-electron chi connectivity index (χ2n) is 7.41. The zero-order valence-corrected chi connectivity index (χ0v) is 17.4. The molecule has 7 heteroatoms. The van der Waals surface area contributed by atoms with Crippen molar-refractivity contribution in [1.29, 1.82) is 0 Å². The molecule has 1 N–H and O–H groups in total. The number of carbonyl (C=O) groups is 2. The predicted molar refractivity (Wildman–Crippen MR) is 113 cm³/mol. The van der Waals surface area contributed by atoms with Crippen LogP contribution in [0.15, 0.2) is 48.7 Å². The van der Waals surface area contributed by atoms with Gasteiger partial charge in [-0.15, -0.1) is 0 Å². The van der Waals surface area contributed by atoms with Crippen molar-refractivity contribution in [2.75, 3.05) is 33.4 Å². The van der Waals surface area contributed by atoms with Gasteiger partial charge in [0.2, 0.25) is 17.7 Å². The molecule has 0 aliphatic carbocycles. The van der Waals surface area contributed by atoms with Gasteiger partial charge < -0.3 is 19.7 Å². The van der Waals surface area contributed by atoms with Crippen LogP contribution < -0.4 is 10.1 Å². The van der Waals surface area contributed by atoms with Crippen LogP contribution in [0.25, 0.3) is 0 Å². The summed E-state index contributed by atoms with van der Waals surface area (Å²) in [5, 5.41) is 2.97. The van der Waals surface area contributed by atoms with Crippen molar-refractivity contribution >= 4 is 11.8 Å². The summed E-state index contributed by atoms with van der Waals surface area (Å²) < 4.78 is 10.4. The second-order valence-corrected chi connectivity index (χ2v) is 7.41. The first-order valence-electron chi connectivity index (χ1n) is 10.3. The number of piperidine rings is 1. The summed E-state index contributed by atoms with van der Waals surface area (Å²) in [6.07, 6.45) is 3.71. The number of nitrogens with zero attached hydrogens (tertiary/aromatic N) is 2. The number of methoxy groups -OCH3 is 1. The van der Waals surface area contributed by atoms with E-state index in [1.54, 1.807) is 19.4 Å². The van der Waals surface area contributed by atoms with Gasteiger partial charge in [-0.05, 0) is 24.0 Å². The average molecular weight is 412 g/mol. The highest BCUT2D eigenvalue weighted by Crippen LogP contribution is 2.18. The fraction of sp³-hybridized carbons (Fsp3) is 0.435. The lowest BCUT2D eigenvalue weighted by Crippen LogP contribution is -2.45. The summed E-state index contributed by atoms with van der Waals surface area (Å²) in [5.74, 6) is 0.407. The van der Waals surface area contributed by atoms with Gasteiger partial charge in [-0.3, -0.25) is 9.59 Å². The number of hydrogen-bond acceptors (Lipinski definition) is 5. The molecule has 0 saturated carbocycles. The van der Waals surface area contributed by atoms with Gasteiger partial charge in [0.25, 0.3) is 0 Å².